The molecule has 0 amide bonds. The van der Waals surface area contributed by atoms with Gasteiger partial charge in [0.2, 0.25) is 0 Å². The monoisotopic (exact) mass is 405 g/mol. The Kier molecular flexibility index (Phi) is 4.95. The van der Waals surface area contributed by atoms with E-state index in [0.717, 1.165) is 24.2 Å². The highest BCUT2D eigenvalue weighted by Gasteiger charge is 2.34. The van der Waals surface area contributed by atoms with Crippen LogP contribution in [0.3, 0.4) is 0 Å². The predicted molar refractivity (Wildman–Crippen MR) is 130 cm³/mol. The zero-order chi connectivity index (χ0) is 21.3. The van der Waals surface area contributed by atoms with Gasteiger partial charge in [-0.05, 0) is 54.2 Å². The summed E-state index contributed by atoms with van der Waals surface area (Å²) in [6.07, 6.45) is 1.95. The van der Waals surface area contributed by atoms with Crippen LogP contribution in [-0.2, 0) is 6.42 Å². The van der Waals surface area contributed by atoms with Crippen molar-refractivity contribution in [2.24, 2.45) is 10.5 Å². The molecule has 0 saturated carbocycles. The smallest absolute Gasteiger partial charge is 0.0703 e. The second-order valence-electron chi connectivity index (χ2n) is 8.98. The number of nitrogens with zero attached hydrogens (tertiary/aromatic N) is 2. The minimum absolute atomic E-state index is 0.128. The highest BCUT2D eigenvalue weighted by Crippen LogP contribution is 2.40. The Hall–Kier alpha value is -3.59. The van der Waals surface area contributed by atoms with Crippen molar-refractivity contribution < 1.29 is 0 Å². The summed E-state index contributed by atoms with van der Waals surface area (Å²) in [6.45, 7) is 4.66. The minimum atomic E-state index is 0.128. The fourth-order valence-corrected chi connectivity index (χ4v) is 4.48. The third-order valence-corrected chi connectivity index (χ3v) is 5.88. The minimum Gasteiger partial charge on any atom is -0.313 e. The van der Waals surface area contributed by atoms with E-state index in [0.29, 0.717) is 0 Å². The van der Waals surface area contributed by atoms with E-state index in [9.17, 15) is 0 Å². The molecule has 0 atom stereocenters. The van der Waals surface area contributed by atoms with Crippen molar-refractivity contribution in [1.29, 1.82) is 0 Å². The van der Waals surface area contributed by atoms with Crippen molar-refractivity contribution in [1.82, 2.24) is 4.57 Å². The molecule has 1 N–H and O–H groups in total. The Bertz CT molecular complexity index is 1200. The molecule has 0 aliphatic heterocycles. The Balaban J connectivity index is 1.69. The number of aromatic nitrogens is 1. The molecule has 0 spiro atoms. The van der Waals surface area contributed by atoms with Crippen LogP contribution in [0.5, 0.6) is 0 Å². The van der Waals surface area contributed by atoms with E-state index >= 15 is 0 Å². The third-order valence-electron chi connectivity index (χ3n) is 5.88. The summed E-state index contributed by atoms with van der Waals surface area (Å²) in [6, 6.07) is 33.8. The van der Waals surface area contributed by atoms with E-state index in [-0.39, 0.29) is 5.41 Å². The van der Waals surface area contributed by atoms with Crippen molar-refractivity contribution in [3.63, 3.8) is 0 Å². The van der Waals surface area contributed by atoms with Crippen LogP contribution in [0.25, 0.3) is 16.9 Å². The molecule has 5 rings (SSSR count). The number of benzene rings is 3. The predicted octanol–water partition coefficient (Wildman–Crippen LogP) is 6.93. The molecule has 31 heavy (non-hydrogen) atoms. The Morgan fingerprint density at radius 2 is 1.39 bits per heavy atom. The van der Waals surface area contributed by atoms with Gasteiger partial charge < -0.3 is 4.57 Å². The summed E-state index contributed by atoms with van der Waals surface area (Å²) in [5.41, 5.74) is 11.7. The second kappa shape index (κ2) is 7.92. The molecule has 3 heteroatoms. The van der Waals surface area contributed by atoms with E-state index in [1.165, 1.54) is 28.2 Å². The molecule has 0 fully saturated rings. The summed E-state index contributed by atoms with van der Waals surface area (Å²) in [5, 5.41) is 4.89. The topological polar surface area (TPSA) is 29.3 Å². The van der Waals surface area contributed by atoms with Gasteiger partial charge in [-0.3, -0.25) is 5.43 Å². The lowest BCUT2D eigenvalue weighted by molar-refractivity contribution is 0.366. The highest BCUT2D eigenvalue weighted by atomic mass is 15.3. The molecule has 1 aliphatic rings. The highest BCUT2D eigenvalue weighted by molar-refractivity contribution is 6.04. The number of para-hydroxylation sites is 2. The zero-order valence-electron chi connectivity index (χ0n) is 18.0. The van der Waals surface area contributed by atoms with Gasteiger partial charge in [0.05, 0.1) is 17.1 Å². The number of rotatable bonds is 4. The molecule has 0 saturated heterocycles. The lowest BCUT2D eigenvalue weighted by Gasteiger charge is -2.32. The molecule has 154 valence electrons. The van der Waals surface area contributed by atoms with Gasteiger partial charge in [-0.2, -0.15) is 5.10 Å². The normalized spacial score (nSPS) is 16.1. The number of hydrogen-bond acceptors (Lipinski definition) is 2. The van der Waals surface area contributed by atoms with Crippen molar-refractivity contribution >= 4 is 11.4 Å². The summed E-state index contributed by atoms with van der Waals surface area (Å²) in [4.78, 5) is 0. The maximum absolute atomic E-state index is 4.89. The van der Waals surface area contributed by atoms with Crippen molar-refractivity contribution in [2.75, 3.05) is 5.43 Å². The van der Waals surface area contributed by atoms with E-state index < -0.39 is 0 Å². The van der Waals surface area contributed by atoms with Gasteiger partial charge in [0.1, 0.15) is 0 Å². The summed E-state index contributed by atoms with van der Waals surface area (Å²) >= 11 is 0. The number of nitrogens with one attached hydrogen (secondary N) is 1. The van der Waals surface area contributed by atoms with E-state index in [4.69, 9.17) is 5.10 Å². The maximum Gasteiger partial charge on any atom is 0.0703 e. The molecule has 3 nitrogen and oxygen atoms in total. The standard InChI is InChI=1S/C28H27N3/c1-28(2)19-25(30-29-22-14-8-4-9-15-22)24-18-26(21-12-6-3-7-13-21)31(27(24)20-28)23-16-10-5-11-17-23/h3-18,29H,19-20H2,1-2H3. The van der Waals surface area contributed by atoms with Crippen LogP contribution in [0.2, 0.25) is 0 Å². The number of hydrogen-bond donors (Lipinski definition) is 1. The van der Waals surface area contributed by atoms with Gasteiger partial charge in [-0.25, -0.2) is 0 Å². The molecule has 0 unspecified atom stereocenters. The number of fused-ring (bicyclic) bond motifs is 1. The van der Waals surface area contributed by atoms with Gasteiger partial charge in [0.25, 0.3) is 0 Å². The molecule has 1 aliphatic carbocycles. The summed E-state index contributed by atoms with van der Waals surface area (Å²) in [5.74, 6) is 0. The number of anilines is 1. The third kappa shape index (κ3) is 3.91. The Morgan fingerprint density at radius 1 is 0.774 bits per heavy atom. The SMILES string of the molecule is CC1(C)CC(=NNc2ccccc2)c2cc(-c3ccccc3)n(-c3ccccc3)c2C1. The molecular formula is C28H27N3. The fourth-order valence-electron chi connectivity index (χ4n) is 4.48. The van der Waals surface area contributed by atoms with Crippen molar-refractivity contribution in [2.45, 2.75) is 26.7 Å². The quantitative estimate of drug-likeness (QED) is 0.366. The Morgan fingerprint density at radius 3 is 2.06 bits per heavy atom. The Labute approximate surface area is 184 Å². The molecule has 0 bridgehead atoms. The van der Waals surface area contributed by atoms with E-state index in [1.807, 2.05) is 30.3 Å². The lowest BCUT2D eigenvalue weighted by Crippen LogP contribution is -2.29. The van der Waals surface area contributed by atoms with Crippen LogP contribution in [0.15, 0.2) is 102 Å². The van der Waals surface area contributed by atoms with Crippen molar-refractivity contribution in [3.05, 3.63) is 108 Å². The van der Waals surface area contributed by atoms with Gasteiger partial charge in [-0.15, -0.1) is 0 Å². The summed E-state index contributed by atoms with van der Waals surface area (Å²) in [7, 11) is 0. The maximum atomic E-state index is 4.89. The average molecular weight is 406 g/mol. The molecule has 3 aromatic carbocycles. The van der Waals surface area contributed by atoms with Gasteiger partial charge in [0, 0.05) is 16.9 Å². The molecule has 1 heterocycles. The first kappa shape index (κ1) is 19.4. The van der Waals surface area contributed by atoms with E-state index in [1.54, 1.807) is 0 Å². The van der Waals surface area contributed by atoms with Crippen LogP contribution in [0, 0.1) is 5.41 Å². The number of hydrazone groups is 1. The zero-order valence-corrected chi connectivity index (χ0v) is 18.0. The van der Waals surface area contributed by atoms with Crippen LogP contribution in [0.1, 0.15) is 31.5 Å². The van der Waals surface area contributed by atoms with Crippen LogP contribution < -0.4 is 5.43 Å². The molecular weight excluding hydrogens is 378 g/mol. The van der Waals surface area contributed by atoms with E-state index in [2.05, 4.69) is 90.6 Å². The molecule has 0 radical (unpaired) electrons. The first-order chi connectivity index (χ1) is 15.1. The van der Waals surface area contributed by atoms with Gasteiger partial charge in [0.15, 0.2) is 0 Å². The van der Waals surface area contributed by atoms with Crippen molar-refractivity contribution in [3.8, 4) is 16.9 Å². The summed E-state index contributed by atoms with van der Waals surface area (Å²) < 4.78 is 2.42. The van der Waals surface area contributed by atoms with Gasteiger partial charge >= 0.3 is 0 Å². The lowest BCUT2D eigenvalue weighted by atomic mass is 9.76. The first-order valence-corrected chi connectivity index (χ1v) is 10.8. The molecule has 4 aromatic rings. The second-order valence-corrected chi connectivity index (χ2v) is 8.98. The largest absolute Gasteiger partial charge is 0.313 e. The van der Waals surface area contributed by atoms with Crippen LogP contribution in [-0.4, -0.2) is 10.3 Å². The van der Waals surface area contributed by atoms with Crippen LogP contribution in [0.4, 0.5) is 5.69 Å². The van der Waals surface area contributed by atoms with Crippen LogP contribution >= 0.6 is 0 Å². The molecule has 1 aromatic heterocycles. The average Bonchev–Trinajstić information content (AvgIpc) is 3.17. The fraction of sp³-hybridized carbons (Fsp3) is 0.179. The van der Waals surface area contributed by atoms with Gasteiger partial charge in [-0.1, -0.05) is 80.6 Å². The first-order valence-electron chi connectivity index (χ1n) is 10.8.